The van der Waals surface area contributed by atoms with Gasteiger partial charge in [-0.05, 0) is 41.0 Å². The van der Waals surface area contributed by atoms with E-state index >= 15 is 0 Å². The van der Waals surface area contributed by atoms with Crippen LogP contribution in [0.1, 0.15) is 81.1 Å². The fourth-order valence-corrected chi connectivity index (χ4v) is 2.40. The second kappa shape index (κ2) is 18.4. The number of ether oxygens (including phenoxy) is 1. The van der Waals surface area contributed by atoms with Crippen molar-refractivity contribution in [3.63, 3.8) is 0 Å². The van der Waals surface area contributed by atoms with Crippen LogP contribution >= 0.6 is 0 Å². The highest BCUT2D eigenvalue weighted by Crippen LogP contribution is 2.19. The summed E-state index contributed by atoms with van der Waals surface area (Å²) in [4.78, 5) is 12.7. The molecule has 0 bridgehead atoms. The Balaban J connectivity index is 0. The van der Waals surface area contributed by atoms with Crippen molar-refractivity contribution in [2.45, 2.75) is 87.2 Å². The van der Waals surface area contributed by atoms with E-state index in [2.05, 4.69) is 13.8 Å². The Labute approximate surface area is 163 Å². The number of ketones is 1. The van der Waals surface area contributed by atoms with Crippen molar-refractivity contribution >= 4 is 5.78 Å². The molecule has 2 nitrogen and oxygen atoms in total. The van der Waals surface area contributed by atoms with Crippen molar-refractivity contribution < 1.29 is 9.53 Å². The summed E-state index contributed by atoms with van der Waals surface area (Å²) in [5.41, 5.74) is 2.15. The van der Waals surface area contributed by atoms with Gasteiger partial charge in [0.1, 0.15) is 5.78 Å². The topological polar surface area (TPSA) is 26.3 Å². The molecule has 0 radical (unpaired) electrons. The summed E-state index contributed by atoms with van der Waals surface area (Å²) in [6.07, 6.45) is 16.0. The fourth-order valence-electron chi connectivity index (χ4n) is 2.40. The summed E-state index contributed by atoms with van der Waals surface area (Å²) in [6.45, 7) is 16.7. The third kappa shape index (κ3) is 13.8. The van der Waals surface area contributed by atoms with Gasteiger partial charge in [-0.1, -0.05) is 81.2 Å². The van der Waals surface area contributed by atoms with Crippen molar-refractivity contribution in [2.24, 2.45) is 5.92 Å². The van der Waals surface area contributed by atoms with E-state index < -0.39 is 0 Å². The molecular weight excluding hydrogens is 320 g/mol. The maximum atomic E-state index is 12.7. The van der Waals surface area contributed by atoms with E-state index in [0.717, 1.165) is 17.6 Å². The second-order valence-corrected chi connectivity index (χ2v) is 6.46. The number of rotatable bonds is 12. The van der Waals surface area contributed by atoms with Crippen LogP contribution in [0.25, 0.3) is 0 Å². The smallest absolute Gasteiger partial charge is 0.146 e. The fraction of sp³-hybridized carbons (Fsp3) is 0.625. The van der Waals surface area contributed by atoms with Crippen LogP contribution in [0.2, 0.25) is 0 Å². The Morgan fingerprint density at radius 3 is 2.15 bits per heavy atom. The molecule has 0 aliphatic rings. The normalized spacial score (nSPS) is 15.1. The van der Waals surface area contributed by atoms with E-state index in [1.54, 1.807) is 0 Å². The molecule has 0 rings (SSSR count). The largest absolute Gasteiger partial charge is 0.377 e. The van der Waals surface area contributed by atoms with Gasteiger partial charge in [0.15, 0.2) is 0 Å². The number of carbonyl (C=O) groups excluding carboxylic acids is 1. The molecule has 2 heteroatoms. The number of hydrogen-bond acceptors (Lipinski definition) is 2. The van der Waals surface area contributed by atoms with Crippen molar-refractivity contribution in [3.05, 3.63) is 47.6 Å². The standard InChI is InChI=1S/C22H36O2.C2H6/c1-7-10-13-18(4)16-22(23)21(19(5)14-11-8-2)17-24-20(6)15-12-9-3;1-2/h7-8,10-11,13-14,20-21H,9,12,15-17H2,1-6H3;1-2H3/b10-7-,11-8-,18-13+,19-14+;. The van der Waals surface area contributed by atoms with Crippen LogP contribution < -0.4 is 0 Å². The SMILES string of the molecule is C/C=C\C=C(/C)CC(=O)C(COC(C)CCCC)/C(C)=C/C=C\C.CC. The van der Waals surface area contributed by atoms with Gasteiger partial charge >= 0.3 is 0 Å². The van der Waals surface area contributed by atoms with Gasteiger partial charge in [0, 0.05) is 6.42 Å². The number of unbranched alkanes of at least 4 members (excludes halogenated alkanes) is 1. The summed E-state index contributed by atoms with van der Waals surface area (Å²) >= 11 is 0. The number of carbonyl (C=O) groups is 1. The third-order valence-corrected chi connectivity index (χ3v) is 4.03. The van der Waals surface area contributed by atoms with E-state index in [-0.39, 0.29) is 17.8 Å². The summed E-state index contributed by atoms with van der Waals surface area (Å²) in [7, 11) is 0. The highest BCUT2D eigenvalue weighted by molar-refractivity contribution is 5.85. The van der Waals surface area contributed by atoms with Gasteiger partial charge < -0.3 is 4.74 Å². The van der Waals surface area contributed by atoms with Crippen molar-refractivity contribution in [1.29, 1.82) is 0 Å². The van der Waals surface area contributed by atoms with Crippen LogP contribution in [0.4, 0.5) is 0 Å². The van der Waals surface area contributed by atoms with Gasteiger partial charge in [0.2, 0.25) is 0 Å². The molecule has 150 valence electrons. The molecule has 0 saturated carbocycles. The van der Waals surface area contributed by atoms with Crippen LogP contribution in [-0.4, -0.2) is 18.5 Å². The molecule has 0 amide bonds. The van der Waals surface area contributed by atoms with Crippen LogP contribution in [0.5, 0.6) is 0 Å². The summed E-state index contributed by atoms with van der Waals surface area (Å²) in [5, 5.41) is 0. The van der Waals surface area contributed by atoms with Crippen molar-refractivity contribution in [2.75, 3.05) is 6.61 Å². The lowest BCUT2D eigenvalue weighted by Gasteiger charge is -2.20. The van der Waals surface area contributed by atoms with E-state index in [9.17, 15) is 4.79 Å². The first-order valence-corrected chi connectivity index (χ1v) is 10.2. The maximum absolute atomic E-state index is 12.7. The highest BCUT2D eigenvalue weighted by atomic mass is 16.5. The lowest BCUT2D eigenvalue weighted by molar-refractivity contribution is -0.123. The van der Waals surface area contributed by atoms with Gasteiger partial charge in [-0.15, -0.1) is 0 Å². The van der Waals surface area contributed by atoms with Crippen LogP contribution in [0.15, 0.2) is 47.6 Å². The lowest BCUT2D eigenvalue weighted by Crippen LogP contribution is -2.24. The highest BCUT2D eigenvalue weighted by Gasteiger charge is 2.21. The van der Waals surface area contributed by atoms with E-state index in [4.69, 9.17) is 4.74 Å². The van der Waals surface area contributed by atoms with Gasteiger partial charge in [0.25, 0.3) is 0 Å². The molecule has 0 heterocycles. The molecule has 0 N–H and O–H groups in total. The zero-order chi connectivity index (χ0) is 20.4. The Morgan fingerprint density at radius 2 is 1.62 bits per heavy atom. The van der Waals surface area contributed by atoms with Crippen LogP contribution in [-0.2, 0) is 9.53 Å². The molecule has 26 heavy (non-hydrogen) atoms. The molecule has 0 aliphatic carbocycles. The predicted molar refractivity (Wildman–Crippen MR) is 117 cm³/mol. The molecule has 2 unspecified atom stereocenters. The minimum Gasteiger partial charge on any atom is -0.377 e. The quantitative estimate of drug-likeness (QED) is 0.342. The molecule has 0 aromatic carbocycles. The third-order valence-electron chi connectivity index (χ3n) is 4.03. The Morgan fingerprint density at radius 1 is 1.04 bits per heavy atom. The molecule has 0 fully saturated rings. The van der Waals surface area contributed by atoms with Gasteiger partial charge in [-0.3, -0.25) is 4.79 Å². The molecule has 0 aromatic rings. The average Bonchev–Trinajstić information content (AvgIpc) is 2.64. The molecule has 0 spiro atoms. The first-order valence-electron chi connectivity index (χ1n) is 10.2. The minimum absolute atomic E-state index is 0.167. The monoisotopic (exact) mass is 362 g/mol. The molecule has 2 atom stereocenters. The second-order valence-electron chi connectivity index (χ2n) is 6.46. The average molecular weight is 363 g/mol. The Hall–Kier alpha value is -1.41. The van der Waals surface area contributed by atoms with Crippen molar-refractivity contribution in [1.82, 2.24) is 0 Å². The lowest BCUT2D eigenvalue weighted by atomic mass is 9.92. The van der Waals surface area contributed by atoms with E-state index in [0.29, 0.717) is 13.0 Å². The molecular formula is C24H42O2. The summed E-state index contributed by atoms with van der Waals surface area (Å²) in [5.74, 6) is 0.0634. The maximum Gasteiger partial charge on any atom is 0.146 e. The molecule has 0 aliphatic heterocycles. The Kier molecular flexibility index (Phi) is 19.0. The first-order chi connectivity index (χ1) is 12.5. The minimum atomic E-state index is -0.167. The van der Waals surface area contributed by atoms with Crippen molar-refractivity contribution in [3.8, 4) is 0 Å². The van der Waals surface area contributed by atoms with Gasteiger partial charge in [-0.2, -0.15) is 0 Å². The van der Waals surface area contributed by atoms with Crippen LogP contribution in [0, 0.1) is 5.92 Å². The predicted octanol–water partition coefficient (Wildman–Crippen LogP) is 7.23. The number of allylic oxidation sites excluding steroid dienone is 7. The number of Topliss-reactive ketones (excluding diaryl/α,β-unsaturated/α-hetero) is 1. The first kappa shape index (κ1) is 26.8. The Bertz CT molecular complexity index is 467. The summed E-state index contributed by atoms with van der Waals surface area (Å²) < 4.78 is 5.97. The zero-order valence-corrected chi connectivity index (χ0v) is 18.5. The molecule has 0 saturated heterocycles. The molecule has 0 aromatic heterocycles. The van der Waals surface area contributed by atoms with Gasteiger partial charge in [0.05, 0.1) is 18.6 Å². The zero-order valence-electron chi connectivity index (χ0n) is 18.5. The van der Waals surface area contributed by atoms with E-state index in [1.165, 1.54) is 12.8 Å². The van der Waals surface area contributed by atoms with E-state index in [1.807, 2.05) is 78.0 Å². The summed E-state index contributed by atoms with van der Waals surface area (Å²) in [6, 6.07) is 0. The van der Waals surface area contributed by atoms with Gasteiger partial charge in [-0.25, -0.2) is 0 Å². The van der Waals surface area contributed by atoms with Crippen LogP contribution in [0.3, 0.4) is 0 Å². The number of hydrogen-bond donors (Lipinski definition) is 0.